The maximum Gasteiger partial charge on any atom is 0.224 e. The molecule has 0 bridgehead atoms. The van der Waals surface area contributed by atoms with Crippen LogP contribution in [0.4, 0.5) is 0 Å². The first-order chi connectivity index (χ1) is 8.06. The van der Waals surface area contributed by atoms with E-state index in [0.29, 0.717) is 5.15 Å². The fourth-order valence-electron chi connectivity index (χ4n) is 2.10. The first kappa shape index (κ1) is 13.0. The minimum atomic E-state index is -0.187. The molecule has 1 N–H and O–H groups in total. The number of hydrogen-bond acceptors (Lipinski definition) is 4. The van der Waals surface area contributed by atoms with Crippen molar-refractivity contribution in [2.24, 2.45) is 0 Å². The van der Waals surface area contributed by atoms with Crippen LogP contribution in [0.1, 0.15) is 17.7 Å². The van der Waals surface area contributed by atoms with E-state index in [2.05, 4.69) is 14.9 Å². The largest absolute Gasteiger partial charge is 0.392 e. The van der Waals surface area contributed by atoms with E-state index in [1.165, 1.54) is 0 Å². The summed E-state index contributed by atoms with van der Waals surface area (Å²) in [6, 6.07) is 0. The van der Waals surface area contributed by atoms with Gasteiger partial charge in [-0.2, -0.15) is 0 Å². The number of aryl methyl sites for hydroxylation is 1. The molecular weight excluding hydrogens is 261 g/mol. The lowest BCUT2D eigenvalue weighted by atomic mass is 10.2. The number of hydrogen-bond donors (Lipinski definition) is 1. The molecule has 1 aromatic rings. The van der Waals surface area contributed by atoms with Crippen molar-refractivity contribution in [3.8, 4) is 0 Å². The van der Waals surface area contributed by atoms with Crippen LogP contribution in [0.15, 0.2) is 0 Å². The highest BCUT2D eigenvalue weighted by Crippen LogP contribution is 2.20. The Labute approximate surface area is 111 Å². The zero-order valence-electron chi connectivity index (χ0n) is 9.66. The molecule has 0 aliphatic carbocycles. The minimum absolute atomic E-state index is 0.187. The molecule has 1 aliphatic rings. The van der Waals surface area contributed by atoms with Crippen LogP contribution in [0.3, 0.4) is 0 Å². The summed E-state index contributed by atoms with van der Waals surface area (Å²) in [5.74, 6) is 0. The second-order valence-electron chi connectivity index (χ2n) is 4.34. The van der Waals surface area contributed by atoms with E-state index in [1.54, 1.807) is 0 Å². The molecule has 1 atom stereocenters. The van der Waals surface area contributed by atoms with Gasteiger partial charge >= 0.3 is 0 Å². The van der Waals surface area contributed by atoms with Gasteiger partial charge in [0.25, 0.3) is 0 Å². The molecule has 1 aromatic heterocycles. The monoisotopic (exact) mass is 275 g/mol. The Bertz CT molecular complexity index is 391. The molecule has 1 saturated heterocycles. The van der Waals surface area contributed by atoms with Crippen LogP contribution in [0.2, 0.25) is 10.4 Å². The zero-order valence-corrected chi connectivity index (χ0v) is 11.2. The summed E-state index contributed by atoms with van der Waals surface area (Å²) in [6.07, 6.45) is 1.45. The van der Waals surface area contributed by atoms with Gasteiger partial charge in [-0.1, -0.05) is 11.6 Å². The van der Waals surface area contributed by atoms with Crippen LogP contribution in [-0.2, 0) is 6.42 Å². The summed E-state index contributed by atoms with van der Waals surface area (Å²) < 4.78 is 0. The maximum atomic E-state index is 9.43. The van der Waals surface area contributed by atoms with Gasteiger partial charge in [-0.3, -0.25) is 0 Å². The lowest BCUT2D eigenvalue weighted by molar-refractivity contribution is 0.177. The van der Waals surface area contributed by atoms with Crippen LogP contribution in [0.25, 0.3) is 0 Å². The maximum absolute atomic E-state index is 9.43. The van der Waals surface area contributed by atoms with Gasteiger partial charge in [0.1, 0.15) is 5.15 Å². The SMILES string of the molecule is Cc1nc(Cl)nc(Cl)c1CCN1CC[C@@H](O)C1. The molecule has 4 nitrogen and oxygen atoms in total. The fourth-order valence-corrected chi connectivity index (χ4v) is 2.66. The Morgan fingerprint density at radius 1 is 1.41 bits per heavy atom. The third kappa shape index (κ3) is 3.28. The van der Waals surface area contributed by atoms with Gasteiger partial charge in [0.15, 0.2) is 0 Å². The van der Waals surface area contributed by atoms with Crippen LogP contribution in [0.5, 0.6) is 0 Å². The van der Waals surface area contributed by atoms with Gasteiger partial charge in [0.2, 0.25) is 5.28 Å². The highest BCUT2D eigenvalue weighted by Gasteiger charge is 2.20. The standard InChI is InChI=1S/C11H15Cl2N3O/c1-7-9(10(12)15-11(13)14-7)3-5-16-4-2-8(17)6-16/h8,17H,2-6H2,1H3/t8-/m1/s1. The van der Waals surface area contributed by atoms with E-state index in [4.69, 9.17) is 23.2 Å². The van der Waals surface area contributed by atoms with Gasteiger partial charge in [-0.15, -0.1) is 0 Å². The smallest absolute Gasteiger partial charge is 0.224 e. The normalized spacial score (nSPS) is 21.1. The molecule has 2 heterocycles. The highest BCUT2D eigenvalue weighted by atomic mass is 35.5. The minimum Gasteiger partial charge on any atom is -0.392 e. The summed E-state index contributed by atoms with van der Waals surface area (Å²) in [6.45, 7) is 4.42. The zero-order chi connectivity index (χ0) is 12.4. The van der Waals surface area contributed by atoms with E-state index in [0.717, 1.165) is 43.7 Å². The second kappa shape index (κ2) is 5.48. The molecule has 0 unspecified atom stereocenters. The Hall–Kier alpha value is -0.420. The Morgan fingerprint density at radius 2 is 2.18 bits per heavy atom. The first-order valence-corrected chi connectivity index (χ1v) is 6.41. The summed E-state index contributed by atoms with van der Waals surface area (Å²) in [4.78, 5) is 10.3. The molecule has 0 aromatic carbocycles. The Balaban J connectivity index is 1.99. The Morgan fingerprint density at radius 3 is 2.76 bits per heavy atom. The van der Waals surface area contributed by atoms with Crippen molar-refractivity contribution in [3.05, 3.63) is 21.7 Å². The van der Waals surface area contributed by atoms with E-state index in [-0.39, 0.29) is 11.4 Å². The molecule has 1 fully saturated rings. The topological polar surface area (TPSA) is 49.2 Å². The summed E-state index contributed by atoms with van der Waals surface area (Å²) in [7, 11) is 0. The van der Waals surface area contributed by atoms with E-state index in [1.807, 2.05) is 6.92 Å². The number of β-amino-alcohol motifs (C(OH)–C–C–N with tert-alkyl or cyclic N) is 1. The average molecular weight is 276 g/mol. The van der Waals surface area contributed by atoms with Gasteiger partial charge in [-0.25, -0.2) is 9.97 Å². The van der Waals surface area contributed by atoms with Gasteiger partial charge in [0, 0.05) is 30.9 Å². The van der Waals surface area contributed by atoms with Crippen molar-refractivity contribution in [1.29, 1.82) is 0 Å². The number of aliphatic hydroxyl groups excluding tert-OH is 1. The van der Waals surface area contributed by atoms with Crippen LogP contribution < -0.4 is 0 Å². The summed E-state index contributed by atoms with van der Waals surface area (Å²) in [5, 5.41) is 10.1. The van der Waals surface area contributed by atoms with Crippen LogP contribution >= 0.6 is 23.2 Å². The van der Waals surface area contributed by atoms with Crippen LogP contribution in [-0.4, -0.2) is 45.7 Å². The predicted octanol–water partition coefficient (Wildman–Crippen LogP) is 1.70. The molecule has 0 amide bonds. The van der Waals surface area contributed by atoms with E-state index in [9.17, 15) is 5.11 Å². The van der Waals surface area contributed by atoms with Crippen LogP contribution in [0, 0.1) is 6.92 Å². The van der Waals surface area contributed by atoms with Gasteiger partial charge < -0.3 is 10.0 Å². The van der Waals surface area contributed by atoms with Gasteiger partial charge in [0.05, 0.1) is 6.10 Å². The highest BCUT2D eigenvalue weighted by molar-refractivity contribution is 6.32. The molecule has 94 valence electrons. The lowest BCUT2D eigenvalue weighted by Crippen LogP contribution is -2.25. The second-order valence-corrected chi connectivity index (χ2v) is 5.04. The molecular formula is C11H15Cl2N3O. The van der Waals surface area contributed by atoms with Crippen molar-refractivity contribution in [3.63, 3.8) is 0 Å². The number of aliphatic hydroxyl groups is 1. The third-order valence-electron chi connectivity index (χ3n) is 3.06. The lowest BCUT2D eigenvalue weighted by Gasteiger charge is -2.15. The number of halogens is 2. The Kier molecular flexibility index (Phi) is 4.20. The van der Waals surface area contributed by atoms with Crippen molar-refractivity contribution >= 4 is 23.2 Å². The van der Waals surface area contributed by atoms with Crippen molar-refractivity contribution in [1.82, 2.24) is 14.9 Å². The summed E-state index contributed by atoms with van der Waals surface area (Å²) in [5.41, 5.74) is 1.77. The van der Waals surface area contributed by atoms with E-state index >= 15 is 0 Å². The number of aromatic nitrogens is 2. The van der Waals surface area contributed by atoms with Crippen molar-refractivity contribution in [2.75, 3.05) is 19.6 Å². The number of rotatable bonds is 3. The summed E-state index contributed by atoms with van der Waals surface area (Å²) >= 11 is 11.8. The molecule has 0 radical (unpaired) electrons. The average Bonchev–Trinajstić information content (AvgIpc) is 2.62. The van der Waals surface area contributed by atoms with Gasteiger partial charge in [-0.05, 0) is 31.4 Å². The number of likely N-dealkylation sites (tertiary alicyclic amines) is 1. The van der Waals surface area contributed by atoms with Crippen molar-refractivity contribution in [2.45, 2.75) is 25.9 Å². The molecule has 2 rings (SSSR count). The third-order valence-corrected chi connectivity index (χ3v) is 3.54. The quantitative estimate of drug-likeness (QED) is 0.674. The number of nitrogens with zero attached hydrogens (tertiary/aromatic N) is 3. The predicted molar refractivity (Wildman–Crippen MR) is 67.6 cm³/mol. The van der Waals surface area contributed by atoms with Crippen molar-refractivity contribution < 1.29 is 5.11 Å². The molecule has 6 heteroatoms. The fraction of sp³-hybridized carbons (Fsp3) is 0.636. The molecule has 17 heavy (non-hydrogen) atoms. The first-order valence-electron chi connectivity index (χ1n) is 5.65. The molecule has 0 spiro atoms. The molecule has 0 saturated carbocycles. The molecule has 1 aliphatic heterocycles. The van der Waals surface area contributed by atoms with E-state index < -0.39 is 0 Å².